The summed E-state index contributed by atoms with van der Waals surface area (Å²) in [5, 5.41) is 2.78. The van der Waals surface area contributed by atoms with Crippen LogP contribution in [0.3, 0.4) is 0 Å². The number of carbonyl (C=O) groups excluding carboxylic acids is 2. The Morgan fingerprint density at radius 1 is 1.04 bits per heavy atom. The number of Topliss-reactive ketones (excluding diaryl/α,β-unsaturated/α-hetero) is 1. The second kappa shape index (κ2) is 9.13. The van der Waals surface area contributed by atoms with Crippen LogP contribution in [0.1, 0.15) is 42.1 Å². The van der Waals surface area contributed by atoms with Gasteiger partial charge in [0.05, 0.1) is 5.60 Å². The molecule has 2 aromatic rings. The van der Waals surface area contributed by atoms with Crippen LogP contribution in [0.15, 0.2) is 54.6 Å². The number of hydrogen-bond acceptors (Lipinski definition) is 4. The molecule has 1 saturated heterocycles. The van der Waals surface area contributed by atoms with Crippen molar-refractivity contribution in [2.75, 3.05) is 25.5 Å². The van der Waals surface area contributed by atoms with Crippen molar-refractivity contribution in [3.63, 3.8) is 0 Å². The van der Waals surface area contributed by atoms with Crippen molar-refractivity contribution in [2.45, 2.75) is 38.3 Å². The Morgan fingerprint density at radius 2 is 1.68 bits per heavy atom. The quantitative estimate of drug-likeness (QED) is 0.740. The Balaban J connectivity index is 1.55. The number of likely N-dealkylation sites (tertiary alicyclic amines) is 1. The molecule has 0 atom stereocenters. The SMILES string of the molecule is COC1(CC(=O)c2ccccc2)CCN(Cc2ccc(NC(C)=O)cc2)CC1. The van der Waals surface area contributed by atoms with Gasteiger partial charge in [-0.3, -0.25) is 14.5 Å². The Kier molecular flexibility index (Phi) is 6.60. The molecule has 148 valence electrons. The van der Waals surface area contributed by atoms with E-state index in [1.54, 1.807) is 7.11 Å². The zero-order chi connectivity index (χ0) is 20.0. The normalized spacial score (nSPS) is 16.5. The van der Waals surface area contributed by atoms with Crippen LogP contribution in [0.5, 0.6) is 0 Å². The predicted molar refractivity (Wildman–Crippen MR) is 110 cm³/mol. The number of benzene rings is 2. The smallest absolute Gasteiger partial charge is 0.221 e. The van der Waals surface area contributed by atoms with Crippen LogP contribution in [-0.2, 0) is 16.1 Å². The van der Waals surface area contributed by atoms with Crippen molar-refractivity contribution in [3.8, 4) is 0 Å². The summed E-state index contributed by atoms with van der Waals surface area (Å²) in [6, 6.07) is 17.4. The Morgan fingerprint density at radius 3 is 2.25 bits per heavy atom. The maximum atomic E-state index is 12.6. The van der Waals surface area contributed by atoms with Gasteiger partial charge in [0.2, 0.25) is 5.91 Å². The van der Waals surface area contributed by atoms with Crippen LogP contribution >= 0.6 is 0 Å². The average Bonchev–Trinajstić information content (AvgIpc) is 2.71. The summed E-state index contributed by atoms with van der Waals surface area (Å²) in [4.78, 5) is 26.1. The van der Waals surface area contributed by atoms with E-state index in [1.807, 2.05) is 54.6 Å². The minimum atomic E-state index is -0.376. The van der Waals surface area contributed by atoms with Gasteiger partial charge in [0.1, 0.15) is 0 Å². The van der Waals surface area contributed by atoms with E-state index in [-0.39, 0.29) is 17.3 Å². The van der Waals surface area contributed by atoms with Crippen LogP contribution in [0.4, 0.5) is 5.69 Å². The molecule has 0 aromatic heterocycles. The number of methoxy groups -OCH3 is 1. The van der Waals surface area contributed by atoms with Gasteiger partial charge in [-0.15, -0.1) is 0 Å². The third-order valence-corrected chi connectivity index (χ3v) is 5.46. The number of rotatable bonds is 7. The fraction of sp³-hybridized carbons (Fsp3) is 0.391. The topological polar surface area (TPSA) is 58.6 Å². The van der Waals surface area contributed by atoms with Crippen molar-refractivity contribution in [1.82, 2.24) is 4.90 Å². The third-order valence-electron chi connectivity index (χ3n) is 5.46. The van der Waals surface area contributed by atoms with Gasteiger partial charge in [-0.2, -0.15) is 0 Å². The molecule has 1 N–H and O–H groups in total. The lowest BCUT2D eigenvalue weighted by Crippen LogP contribution is -2.46. The average molecular weight is 380 g/mol. The molecule has 0 spiro atoms. The summed E-state index contributed by atoms with van der Waals surface area (Å²) in [6.45, 7) is 4.14. The van der Waals surface area contributed by atoms with E-state index in [2.05, 4.69) is 10.2 Å². The van der Waals surface area contributed by atoms with E-state index in [0.717, 1.165) is 43.7 Å². The molecule has 0 radical (unpaired) electrons. The highest BCUT2D eigenvalue weighted by molar-refractivity contribution is 5.96. The van der Waals surface area contributed by atoms with E-state index in [4.69, 9.17) is 4.74 Å². The van der Waals surface area contributed by atoms with Crippen molar-refractivity contribution >= 4 is 17.4 Å². The zero-order valence-electron chi connectivity index (χ0n) is 16.6. The van der Waals surface area contributed by atoms with Crippen molar-refractivity contribution < 1.29 is 14.3 Å². The molecular weight excluding hydrogens is 352 g/mol. The van der Waals surface area contributed by atoms with Gasteiger partial charge in [0.15, 0.2) is 5.78 Å². The molecule has 0 aliphatic carbocycles. The number of ether oxygens (including phenoxy) is 1. The highest BCUT2D eigenvalue weighted by Gasteiger charge is 2.36. The predicted octanol–water partition coefficient (Wildman–Crippen LogP) is 3.90. The van der Waals surface area contributed by atoms with E-state index in [9.17, 15) is 9.59 Å². The highest BCUT2D eigenvalue weighted by atomic mass is 16.5. The number of amides is 1. The van der Waals surface area contributed by atoms with Gasteiger partial charge in [-0.05, 0) is 30.5 Å². The van der Waals surface area contributed by atoms with Gasteiger partial charge < -0.3 is 10.1 Å². The molecule has 5 heteroatoms. The molecule has 28 heavy (non-hydrogen) atoms. The second-order valence-electron chi connectivity index (χ2n) is 7.51. The van der Waals surface area contributed by atoms with Gasteiger partial charge in [0.25, 0.3) is 0 Å². The van der Waals surface area contributed by atoms with Crippen molar-refractivity contribution in [2.24, 2.45) is 0 Å². The van der Waals surface area contributed by atoms with Crippen LogP contribution < -0.4 is 5.32 Å². The Hall–Kier alpha value is -2.50. The maximum Gasteiger partial charge on any atom is 0.221 e. The number of hydrogen-bond donors (Lipinski definition) is 1. The standard InChI is InChI=1S/C23H28N2O3/c1-18(26)24-21-10-8-19(9-11-21)17-25-14-12-23(28-2,13-15-25)16-22(27)20-6-4-3-5-7-20/h3-11H,12-17H2,1-2H3,(H,24,26). The number of anilines is 1. The van der Waals surface area contributed by atoms with E-state index in [1.165, 1.54) is 12.5 Å². The first kappa shape index (κ1) is 20.2. The molecule has 1 aliphatic rings. The molecule has 1 fully saturated rings. The number of carbonyl (C=O) groups is 2. The summed E-state index contributed by atoms with van der Waals surface area (Å²) >= 11 is 0. The molecule has 1 aliphatic heterocycles. The number of piperidine rings is 1. The molecule has 2 aromatic carbocycles. The lowest BCUT2D eigenvalue weighted by atomic mass is 9.84. The first-order valence-corrected chi connectivity index (χ1v) is 9.72. The first-order valence-electron chi connectivity index (χ1n) is 9.72. The van der Waals surface area contributed by atoms with Crippen molar-refractivity contribution in [3.05, 3.63) is 65.7 Å². The number of ketones is 1. The molecule has 0 unspecified atom stereocenters. The lowest BCUT2D eigenvalue weighted by molar-refractivity contribution is -0.114. The molecular formula is C23H28N2O3. The zero-order valence-corrected chi connectivity index (χ0v) is 16.6. The number of nitrogens with zero attached hydrogens (tertiary/aromatic N) is 1. The fourth-order valence-electron chi connectivity index (χ4n) is 3.75. The fourth-order valence-corrected chi connectivity index (χ4v) is 3.75. The van der Waals surface area contributed by atoms with Crippen LogP contribution in [0.25, 0.3) is 0 Å². The largest absolute Gasteiger partial charge is 0.378 e. The number of nitrogens with one attached hydrogen (secondary N) is 1. The van der Waals surface area contributed by atoms with Crippen LogP contribution in [0.2, 0.25) is 0 Å². The summed E-state index contributed by atoms with van der Waals surface area (Å²) in [7, 11) is 1.72. The van der Waals surface area contributed by atoms with Crippen molar-refractivity contribution in [1.29, 1.82) is 0 Å². The minimum absolute atomic E-state index is 0.0651. The first-order chi connectivity index (χ1) is 13.5. The molecule has 1 amide bonds. The van der Waals surface area contributed by atoms with E-state index >= 15 is 0 Å². The van der Waals surface area contributed by atoms with Crippen LogP contribution in [0, 0.1) is 0 Å². The third kappa shape index (κ3) is 5.27. The molecule has 1 heterocycles. The summed E-state index contributed by atoms with van der Waals surface area (Å²) in [5.74, 6) is 0.0780. The monoisotopic (exact) mass is 380 g/mol. The van der Waals surface area contributed by atoms with Gasteiger partial charge in [0, 0.05) is 51.3 Å². The van der Waals surface area contributed by atoms with Gasteiger partial charge in [-0.25, -0.2) is 0 Å². The highest BCUT2D eigenvalue weighted by Crippen LogP contribution is 2.31. The van der Waals surface area contributed by atoms with E-state index in [0.29, 0.717) is 6.42 Å². The Labute approximate surface area is 166 Å². The van der Waals surface area contributed by atoms with E-state index < -0.39 is 0 Å². The molecule has 5 nitrogen and oxygen atoms in total. The summed E-state index contributed by atoms with van der Waals surface area (Å²) < 4.78 is 5.83. The van der Waals surface area contributed by atoms with Gasteiger partial charge in [-0.1, -0.05) is 42.5 Å². The van der Waals surface area contributed by atoms with Gasteiger partial charge >= 0.3 is 0 Å². The van der Waals surface area contributed by atoms with Crippen LogP contribution in [-0.4, -0.2) is 42.4 Å². The summed E-state index contributed by atoms with van der Waals surface area (Å²) in [6.07, 6.45) is 2.10. The molecule has 0 saturated carbocycles. The summed E-state index contributed by atoms with van der Waals surface area (Å²) in [5.41, 5.74) is 2.39. The molecule has 3 rings (SSSR count). The Bertz CT molecular complexity index is 794. The second-order valence-corrected chi connectivity index (χ2v) is 7.51. The lowest BCUT2D eigenvalue weighted by Gasteiger charge is -2.40. The molecule has 0 bridgehead atoms. The maximum absolute atomic E-state index is 12.6. The minimum Gasteiger partial charge on any atom is -0.378 e.